The van der Waals surface area contributed by atoms with E-state index in [4.69, 9.17) is 18.9 Å². The van der Waals surface area contributed by atoms with E-state index in [-0.39, 0.29) is 68.2 Å². The van der Waals surface area contributed by atoms with Crippen LogP contribution in [0.1, 0.15) is 20.3 Å². The molecule has 1 atom stereocenters. The number of fused-ring (bicyclic) bond motifs is 2. The standard InChI is InChI=1S/C31H33FN2O9S/c1-18(2)29(37)40-13-11-33-25(35)15-20(17-43-31(39)34-12-14-41-30(38)19(3)4)16-42-23-10-9-22(32)26-27(36)21-7-5-6-8-24(21)44-28(23)26/h5-10,20H,1,3,11-17H2,2,4H3,(H,33,35)(H,34,39). The second-order valence-electron chi connectivity index (χ2n) is 9.77. The van der Waals surface area contributed by atoms with Crippen LogP contribution < -0.4 is 20.8 Å². The number of benzene rings is 2. The van der Waals surface area contributed by atoms with Crippen molar-refractivity contribution in [2.75, 3.05) is 39.5 Å². The molecule has 0 aliphatic rings. The Morgan fingerprint density at radius 1 is 0.886 bits per heavy atom. The van der Waals surface area contributed by atoms with Gasteiger partial charge in [0.25, 0.3) is 0 Å². The molecule has 2 aromatic carbocycles. The number of hydrogen-bond acceptors (Lipinski definition) is 10. The van der Waals surface area contributed by atoms with Gasteiger partial charge in [0, 0.05) is 33.6 Å². The van der Waals surface area contributed by atoms with Gasteiger partial charge in [-0.2, -0.15) is 0 Å². The molecule has 0 radical (unpaired) electrons. The van der Waals surface area contributed by atoms with E-state index in [2.05, 4.69) is 23.8 Å². The normalized spacial score (nSPS) is 11.3. The summed E-state index contributed by atoms with van der Waals surface area (Å²) >= 11 is 1.19. The number of rotatable bonds is 15. The maximum absolute atomic E-state index is 14.8. The predicted octanol–water partition coefficient (Wildman–Crippen LogP) is 4.02. The van der Waals surface area contributed by atoms with E-state index in [0.717, 1.165) is 6.07 Å². The minimum Gasteiger partial charge on any atom is -0.492 e. The van der Waals surface area contributed by atoms with E-state index in [1.807, 2.05) is 0 Å². The zero-order chi connectivity index (χ0) is 32.2. The van der Waals surface area contributed by atoms with Crippen molar-refractivity contribution >= 4 is 55.4 Å². The molecule has 0 bridgehead atoms. The number of esters is 2. The molecule has 1 aromatic heterocycles. The SMILES string of the molecule is C=C(C)C(=O)OCCNC(=O)CC(COC(=O)NCCOC(=O)C(=C)C)COc1ccc(F)c2c(=O)c3ccccc3sc12. The lowest BCUT2D eigenvalue weighted by Crippen LogP contribution is -2.34. The number of carbonyl (C=O) groups excluding carboxylic acids is 4. The molecule has 1 unspecified atom stereocenters. The van der Waals surface area contributed by atoms with Crippen LogP contribution in [0, 0.1) is 11.7 Å². The van der Waals surface area contributed by atoms with Gasteiger partial charge in [-0.05, 0) is 38.1 Å². The van der Waals surface area contributed by atoms with E-state index in [9.17, 15) is 28.4 Å². The first-order valence-corrected chi connectivity index (χ1v) is 14.4. The third-order valence-electron chi connectivity index (χ3n) is 6.00. The van der Waals surface area contributed by atoms with E-state index in [1.54, 1.807) is 24.3 Å². The van der Waals surface area contributed by atoms with Crippen LogP contribution in [0.25, 0.3) is 20.2 Å². The van der Waals surface area contributed by atoms with Crippen molar-refractivity contribution in [3.05, 3.63) is 76.7 Å². The Kier molecular flexibility index (Phi) is 12.4. The smallest absolute Gasteiger partial charge is 0.407 e. The molecule has 2 amide bonds. The Morgan fingerprint density at radius 3 is 2.18 bits per heavy atom. The van der Waals surface area contributed by atoms with Crippen molar-refractivity contribution in [3.8, 4) is 5.75 Å². The molecule has 234 valence electrons. The Labute approximate surface area is 256 Å². The topological polar surface area (TPSA) is 146 Å². The van der Waals surface area contributed by atoms with Crippen LogP contribution in [-0.4, -0.2) is 63.5 Å². The van der Waals surface area contributed by atoms with Gasteiger partial charge in [0.1, 0.15) is 24.8 Å². The third-order valence-corrected chi connectivity index (χ3v) is 7.18. The average molecular weight is 629 g/mol. The number of ether oxygens (including phenoxy) is 4. The largest absolute Gasteiger partial charge is 0.492 e. The van der Waals surface area contributed by atoms with Gasteiger partial charge in [0.2, 0.25) is 5.91 Å². The van der Waals surface area contributed by atoms with Crippen molar-refractivity contribution in [2.24, 2.45) is 5.92 Å². The summed E-state index contributed by atoms with van der Waals surface area (Å²) in [5, 5.41) is 5.34. The summed E-state index contributed by atoms with van der Waals surface area (Å²) in [7, 11) is 0. The van der Waals surface area contributed by atoms with Gasteiger partial charge in [-0.15, -0.1) is 11.3 Å². The fourth-order valence-electron chi connectivity index (χ4n) is 3.78. The lowest BCUT2D eigenvalue weighted by molar-refractivity contribution is -0.139. The molecule has 0 aliphatic carbocycles. The number of halogens is 1. The minimum absolute atomic E-state index is 0.0170. The van der Waals surface area contributed by atoms with Gasteiger partial charge in [-0.1, -0.05) is 25.3 Å². The van der Waals surface area contributed by atoms with Crippen LogP contribution in [0.15, 0.2) is 65.5 Å². The van der Waals surface area contributed by atoms with Crippen LogP contribution in [-0.2, 0) is 28.6 Å². The zero-order valence-corrected chi connectivity index (χ0v) is 25.2. The molecule has 0 saturated heterocycles. The highest BCUT2D eigenvalue weighted by Gasteiger charge is 2.20. The van der Waals surface area contributed by atoms with E-state index in [1.165, 1.54) is 31.3 Å². The Balaban J connectivity index is 1.68. The maximum Gasteiger partial charge on any atom is 0.407 e. The van der Waals surface area contributed by atoms with Crippen LogP contribution in [0.5, 0.6) is 5.75 Å². The summed E-state index contributed by atoms with van der Waals surface area (Å²) in [4.78, 5) is 60.9. The Hall–Kier alpha value is -4.78. The summed E-state index contributed by atoms with van der Waals surface area (Å²) in [6.45, 7) is 9.44. The lowest BCUT2D eigenvalue weighted by Gasteiger charge is -2.19. The third kappa shape index (κ3) is 9.63. The summed E-state index contributed by atoms with van der Waals surface area (Å²) in [6.07, 6.45) is -0.957. The molecular formula is C31H33FN2O9S. The number of carbonyl (C=O) groups is 4. The number of alkyl carbamates (subject to hydrolysis) is 1. The number of hydrogen-bond donors (Lipinski definition) is 2. The van der Waals surface area contributed by atoms with E-state index in [0.29, 0.717) is 14.8 Å². The van der Waals surface area contributed by atoms with Crippen molar-refractivity contribution in [3.63, 3.8) is 0 Å². The highest BCUT2D eigenvalue weighted by Crippen LogP contribution is 2.33. The van der Waals surface area contributed by atoms with Crippen molar-refractivity contribution < 1.29 is 42.5 Å². The first kappa shape index (κ1) is 33.7. The summed E-state index contributed by atoms with van der Waals surface area (Å²) in [5.74, 6) is -2.73. The second-order valence-corrected chi connectivity index (χ2v) is 10.8. The van der Waals surface area contributed by atoms with Gasteiger partial charge < -0.3 is 29.6 Å². The van der Waals surface area contributed by atoms with Crippen LogP contribution in [0.3, 0.4) is 0 Å². The van der Waals surface area contributed by atoms with Gasteiger partial charge in [-0.3, -0.25) is 9.59 Å². The molecule has 3 aromatic rings. The highest BCUT2D eigenvalue weighted by molar-refractivity contribution is 7.24. The lowest BCUT2D eigenvalue weighted by atomic mass is 10.1. The van der Waals surface area contributed by atoms with Crippen LogP contribution in [0.4, 0.5) is 9.18 Å². The molecule has 0 saturated carbocycles. The molecule has 2 N–H and O–H groups in total. The molecular weight excluding hydrogens is 595 g/mol. The highest BCUT2D eigenvalue weighted by atomic mass is 32.1. The molecule has 13 heteroatoms. The first-order chi connectivity index (χ1) is 21.0. The molecule has 3 rings (SSSR count). The molecule has 44 heavy (non-hydrogen) atoms. The van der Waals surface area contributed by atoms with E-state index < -0.39 is 41.1 Å². The van der Waals surface area contributed by atoms with Gasteiger partial charge in [0.15, 0.2) is 5.43 Å². The van der Waals surface area contributed by atoms with Crippen molar-refractivity contribution in [1.82, 2.24) is 10.6 Å². The van der Waals surface area contributed by atoms with Gasteiger partial charge >= 0.3 is 18.0 Å². The van der Waals surface area contributed by atoms with Crippen molar-refractivity contribution in [2.45, 2.75) is 20.3 Å². The first-order valence-electron chi connectivity index (χ1n) is 13.6. The maximum atomic E-state index is 14.8. The quantitative estimate of drug-likeness (QED) is 0.0838. The van der Waals surface area contributed by atoms with Crippen molar-refractivity contribution in [1.29, 1.82) is 0 Å². The van der Waals surface area contributed by atoms with Gasteiger partial charge in [-0.25, -0.2) is 18.8 Å². The average Bonchev–Trinajstić information content (AvgIpc) is 2.99. The van der Waals surface area contributed by atoms with Crippen LogP contribution >= 0.6 is 11.3 Å². The fraction of sp³-hybridized carbons (Fsp3) is 0.323. The summed E-state index contributed by atoms with van der Waals surface area (Å²) < 4.78 is 36.8. The number of nitrogens with one attached hydrogen (secondary N) is 2. The zero-order valence-electron chi connectivity index (χ0n) is 24.4. The fourth-order valence-corrected chi connectivity index (χ4v) is 4.94. The number of amides is 2. The van der Waals surface area contributed by atoms with Gasteiger partial charge in [0.05, 0.1) is 36.4 Å². The minimum atomic E-state index is -0.814. The second kappa shape index (κ2) is 16.2. The summed E-state index contributed by atoms with van der Waals surface area (Å²) in [6, 6.07) is 9.38. The predicted molar refractivity (Wildman–Crippen MR) is 163 cm³/mol. The molecule has 11 nitrogen and oxygen atoms in total. The van der Waals surface area contributed by atoms with Crippen LogP contribution in [0.2, 0.25) is 0 Å². The van der Waals surface area contributed by atoms with E-state index >= 15 is 0 Å². The monoisotopic (exact) mass is 628 g/mol. The Morgan fingerprint density at radius 2 is 1.52 bits per heavy atom. The molecule has 0 fully saturated rings. The molecule has 1 heterocycles. The Bertz CT molecular complexity index is 1640. The summed E-state index contributed by atoms with van der Waals surface area (Å²) in [5.41, 5.74) is -0.0177. The molecule has 0 spiro atoms. The molecule has 0 aliphatic heterocycles.